The van der Waals surface area contributed by atoms with Crippen molar-refractivity contribution in [2.45, 2.75) is 99.2 Å². The predicted octanol–water partition coefficient (Wildman–Crippen LogP) is 8.61. The smallest absolute Gasteiger partial charge is 0.410 e. The molecule has 2 amide bonds. The summed E-state index contributed by atoms with van der Waals surface area (Å²) in [5.41, 5.74) is 2.38. The van der Waals surface area contributed by atoms with Crippen LogP contribution in [0.3, 0.4) is 0 Å². The van der Waals surface area contributed by atoms with Crippen molar-refractivity contribution >= 4 is 35.4 Å². The van der Waals surface area contributed by atoms with Crippen molar-refractivity contribution in [1.82, 2.24) is 19.8 Å². The normalized spacial score (nSPS) is 14.4. The predicted molar refractivity (Wildman–Crippen MR) is 190 cm³/mol. The van der Waals surface area contributed by atoms with Gasteiger partial charge < -0.3 is 33.7 Å². The molecular weight excluding hydrogens is 624 g/mol. The summed E-state index contributed by atoms with van der Waals surface area (Å²) in [4.78, 5) is 52.0. The number of carbonyl (C=O) groups excluding carboxylic acids is 3. The SMILES string of the molecule is C.CCOC(C)=O.[C-]#[N+]c1ccc(C2=CCN(C(=O)OC(C)(C)C)CC2)cn1.[C-]#[N+]c1ccc(C2CCN(C(=O)OC(C)(C)C)CC2)cn1. The fourth-order valence-corrected chi connectivity index (χ4v) is 4.70. The number of amides is 2. The van der Waals surface area contributed by atoms with Gasteiger partial charge in [-0.3, -0.25) is 4.79 Å². The maximum atomic E-state index is 12.0. The minimum absolute atomic E-state index is 0. The highest BCUT2D eigenvalue weighted by Crippen LogP contribution is 2.29. The second-order valence-corrected chi connectivity index (χ2v) is 13.2. The number of likely N-dealkylation sites (tertiary alicyclic amines) is 1. The van der Waals surface area contributed by atoms with Crippen molar-refractivity contribution in [3.63, 3.8) is 0 Å². The molecule has 0 radical (unpaired) electrons. The standard InChI is InChI=1S/C16H21N3O2.C16H19N3O2.C4H8O2.CH4/c2*1-16(2,3)21-15(20)19-9-7-12(8-10-19)13-5-6-14(17-4)18-11-13;1-3-6-4(2)5;/h5-6,11-12H,7-10H2,1-3H3;5-7,11H,8-10H2,1-3H3;3H2,1-2H3;1H4. The summed E-state index contributed by atoms with van der Waals surface area (Å²) < 4.78 is 15.2. The lowest BCUT2D eigenvalue weighted by molar-refractivity contribution is -0.140. The van der Waals surface area contributed by atoms with Crippen LogP contribution in [0.25, 0.3) is 15.3 Å². The molecule has 12 nitrogen and oxygen atoms in total. The van der Waals surface area contributed by atoms with Gasteiger partial charge in [0.1, 0.15) is 23.6 Å². The van der Waals surface area contributed by atoms with E-state index < -0.39 is 11.2 Å². The molecular formula is C37H52N6O6. The first-order chi connectivity index (χ1) is 22.5. The zero-order chi connectivity index (χ0) is 35.9. The van der Waals surface area contributed by atoms with E-state index >= 15 is 0 Å². The molecule has 2 aromatic heterocycles. The van der Waals surface area contributed by atoms with Crippen molar-refractivity contribution < 1.29 is 28.6 Å². The maximum absolute atomic E-state index is 12.0. The Morgan fingerprint density at radius 2 is 1.37 bits per heavy atom. The van der Waals surface area contributed by atoms with Gasteiger partial charge in [0.05, 0.1) is 6.61 Å². The van der Waals surface area contributed by atoms with E-state index in [1.807, 2.05) is 59.8 Å². The molecule has 0 saturated carbocycles. The Morgan fingerprint density at radius 3 is 1.73 bits per heavy atom. The van der Waals surface area contributed by atoms with Crippen LogP contribution >= 0.6 is 0 Å². The van der Waals surface area contributed by atoms with Gasteiger partial charge in [-0.1, -0.05) is 38.8 Å². The number of pyridine rings is 2. The van der Waals surface area contributed by atoms with Gasteiger partial charge in [-0.15, -0.1) is 9.97 Å². The summed E-state index contributed by atoms with van der Waals surface area (Å²) in [6.07, 6.45) is 7.56. The first-order valence-electron chi connectivity index (χ1n) is 16.0. The van der Waals surface area contributed by atoms with E-state index in [1.54, 1.807) is 41.2 Å². The summed E-state index contributed by atoms with van der Waals surface area (Å²) in [6.45, 7) is 31.2. The third kappa shape index (κ3) is 15.7. The third-order valence-corrected chi connectivity index (χ3v) is 6.94. The van der Waals surface area contributed by atoms with Crippen LogP contribution in [0.5, 0.6) is 0 Å². The first-order valence-corrected chi connectivity index (χ1v) is 16.0. The average Bonchev–Trinajstić information content (AvgIpc) is 3.04. The van der Waals surface area contributed by atoms with Gasteiger partial charge in [0.25, 0.3) is 11.6 Å². The number of ether oxygens (including phenoxy) is 3. The molecule has 12 heteroatoms. The number of rotatable bonds is 3. The quantitative estimate of drug-likeness (QED) is 0.180. The summed E-state index contributed by atoms with van der Waals surface area (Å²) >= 11 is 0. The van der Waals surface area contributed by atoms with E-state index in [2.05, 4.69) is 24.4 Å². The van der Waals surface area contributed by atoms with Gasteiger partial charge in [-0.2, -0.15) is 0 Å². The molecule has 1 fully saturated rings. The average molecular weight is 677 g/mol. The highest BCUT2D eigenvalue weighted by atomic mass is 16.6. The topological polar surface area (TPSA) is 120 Å². The molecule has 2 aromatic rings. The second kappa shape index (κ2) is 19.8. The highest BCUT2D eigenvalue weighted by molar-refractivity contribution is 5.73. The molecule has 0 aromatic carbocycles. The molecule has 0 aliphatic carbocycles. The van der Waals surface area contributed by atoms with E-state index in [1.165, 1.54) is 6.92 Å². The van der Waals surface area contributed by atoms with Crippen molar-refractivity contribution in [3.05, 3.63) is 76.7 Å². The van der Waals surface area contributed by atoms with Gasteiger partial charge in [0.15, 0.2) is 0 Å². The zero-order valence-electron chi connectivity index (χ0n) is 29.4. The lowest BCUT2D eigenvalue weighted by Gasteiger charge is -2.33. The Kier molecular flexibility index (Phi) is 17.0. The van der Waals surface area contributed by atoms with Crippen LogP contribution in [0.2, 0.25) is 0 Å². The summed E-state index contributed by atoms with van der Waals surface area (Å²) in [6, 6.07) is 7.33. The molecule has 49 heavy (non-hydrogen) atoms. The maximum Gasteiger partial charge on any atom is 0.410 e. The minimum Gasteiger partial charge on any atom is -0.466 e. The monoisotopic (exact) mass is 676 g/mol. The molecule has 1 saturated heterocycles. The molecule has 4 heterocycles. The second-order valence-electron chi connectivity index (χ2n) is 13.2. The van der Waals surface area contributed by atoms with Crippen molar-refractivity contribution in [1.29, 1.82) is 0 Å². The van der Waals surface area contributed by atoms with E-state index in [0.29, 0.717) is 50.3 Å². The summed E-state index contributed by atoms with van der Waals surface area (Å²) in [5.74, 6) is 1.00. The number of esters is 1. The van der Waals surface area contributed by atoms with Crippen LogP contribution in [-0.2, 0) is 19.0 Å². The fourth-order valence-electron chi connectivity index (χ4n) is 4.70. The van der Waals surface area contributed by atoms with Crippen molar-refractivity contribution in [3.8, 4) is 0 Å². The van der Waals surface area contributed by atoms with E-state index in [9.17, 15) is 14.4 Å². The third-order valence-electron chi connectivity index (χ3n) is 6.94. The van der Waals surface area contributed by atoms with Crippen LogP contribution in [0.4, 0.5) is 21.2 Å². The van der Waals surface area contributed by atoms with E-state index in [4.69, 9.17) is 22.6 Å². The number of aromatic nitrogens is 2. The molecule has 266 valence electrons. The Labute approximate surface area is 292 Å². The number of nitrogens with zero attached hydrogens (tertiary/aromatic N) is 6. The fraction of sp³-hybridized carbons (Fsp3) is 0.541. The summed E-state index contributed by atoms with van der Waals surface area (Å²) in [5, 5.41) is 0. The molecule has 0 atom stereocenters. The Morgan fingerprint density at radius 1 is 0.837 bits per heavy atom. The molecule has 2 aliphatic rings. The Balaban J connectivity index is 0.000000413. The molecule has 0 unspecified atom stereocenters. The van der Waals surface area contributed by atoms with Crippen LogP contribution < -0.4 is 0 Å². The Hall–Kier alpha value is -4.97. The lowest BCUT2D eigenvalue weighted by Crippen LogP contribution is -2.41. The number of carbonyl (C=O) groups is 3. The highest BCUT2D eigenvalue weighted by Gasteiger charge is 2.28. The van der Waals surface area contributed by atoms with Gasteiger partial charge in [0.2, 0.25) is 0 Å². The molecule has 0 bridgehead atoms. The number of hydrogen-bond donors (Lipinski definition) is 0. The van der Waals surface area contributed by atoms with Gasteiger partial charge in [-0.25, -0.2) is 9.59 Å². The van der Waals surface area contributed by atoms with Crippen LogP contribution in [0.15, 0.2) is 42.7 Å². The molecule has 0 spiro atoms. The zero-order valence-corrected chi connectivity index (χ0v) is 29.4. The first kappa shape index (κ1) is 42.1. The van der Waals surface area contributed by atoms with Gasteiger partial charge >= 0.3 is 18.2 Å². The number of piperidine rings is 1. The van der Waals surface area contributed by atoms with Crippen molar-refractivity contribution in [2.24, 2.45) is 0 Å². The largest absolute Gasteiger partial charge is 0.466 e. The van der Waals surface area contributed by atoms with Gasteiger partial charge in [0, 0.05) is 38.7 Å². The van der Waals surface area contributed by atoms with Crippen LogP contribution in [0.1, 0.15) is 99.1 Å². The molecule has 4 rings (SSSR count). The van der Waals surface area contributed by atoms with Crippen molar-refractivity contribution in [2.75, 3.05) is 32.8 Å². The minimum atomic E-state index is -0.472. The van der Waals surface area contributed by atoms with Crippen LogP contribution in [0, 0.1) is 13.1 Å². The molecule has 2 aliphatic heterocycles. The molecule has 0 N–H and O–H groups in total. The lowest BCUT2D eigenvalue weighted by atomic mass is 9.91. The van der Waals surface area contributed by atoms with E-state index in [0.717, 1.165) is 36.0 Å². The Bertz CT molecular complexity index is 1470. The number of hydrogen-bond acceptors (Lipinski definition) is 8. The van der Waals surface area contributed by atoms with Crippen LogP contribution in [-0.4, -0.2) is 81.9 Å². The van der Waals surface area contributed by atoms with E-state index in [-0.39, 0.29) is 25.6 Å². The summed E-state index contributed by atoms with van der Waals surface area (Å²) in [7, 11) is 0. The van der Waals surface area contributed by atoms with Gasteiger partial charge in [-0.05, 0) is 96.9 Å².